The van der Waals surface area contributed by atoms with Crippen LogP contribution >= 0.6 is 0 Å². The molecule has 3 N–H and O–H groups in total. The summed E-state index contributed by atoms with van der Waals surface area (Å²) in [6, 6.07) is 7.54. The fourth-order valence-corrected chi connectivity index (χ4v) is 4.03. The standard InChI is InChI=1S/C19H27N3O3/c1-25-16-7-5-14(6-8-16)10-21-17(23)12-22-18(24)19-9-3-2-4-15(19)11-20-13-19/h5-8,15,20H,2-4,9-13H2,1H3,(H,21,23)(H,22,24)/t15-,19+/m0/s1. The lowest BCUT2D eigenvalue weighted by atomic mass is 9.67. The first-order valence-corrected chi connectivity index (χ1v) is 9.03. The number of carbonyl (C=O) groups is 2. The summed E-state index contributed by atoms with van der Waals surface area (Å²) in [5.41, 5.74) is 0.681. The van der Waals surface area contributed by atoms with Gasteiger partial charge in [-0.3, -0.25) is 9.59 Å². The maximum atomic E-state index is 12.7. The second-order valence-electron chi connectivity index (χ2n) is 7.04. The smallest absolute Gasteiger partial charge is 0.239 e. The van der Waals surface area contributed by atoms with Crippen LogP contribution in [0.1, 0.15) is 31.2 Å². The largest absolute Gasteiger partial charge is 0.497 e. The van der Waals surface area contributed by atoms with Crippen LogP contribution in [0.25, 0.3) is 0 Å². The zero-order valence-corrected chi connectivity index (χ0v) is 14.8. The summed E-state index contributed by atoms with van der Waals surface area (Å²) in [4.78, 5) is 24.8. The van der Waals surface area contributed by atoms with Crippen molar-refractivity contribution < 1.29 is 14.3 Å². The molecular formula is C19H27N3O3. The van der Waals surface area contributed by atoms with Crippen LogP contribution in [0.2, 0.25) is 0 Å². The predicted molar refractivity (Wildman–Crippen MR) is 95.1 cm³/mol. The number of amides is 2. The van der Waals surface area contributed by atoms with E-state index in [2.05, 4.69) is 16.0 Å². The van der Waals surface area contributed by atoms with Crippen LogP contribution in [0.3, 0.4) is 0 Å². The average molecular weight is 345 g/mol. The Morgan fingerprint density at radius 1 is 1.24 bits per heavy atom. The molecule has 6 nitrogen and oxygen atoms in total. The van der Waals surface area contributed by atoms with Crippen molar-refractivity contribution in [1.82, 2.24) is 16.0 Å². The van der Waals surface area contributed by atoms with Crippen molar-refractivity contribution >= 4 is 11.8 Å². The van der Waals surface area contributed by atoms with E-state index >= 15 is 0 Å². The van der Waals surface area contributed by atoms with Crippen LogP contribution in [0.4, 0.5) is 0 Å². The highest BCUT2D eigenvalue weighted by Gasteiger charge is 2.49. The fourth-order valence-electron chi connectivity index (χ4n) is 4.03. The molecule has 1 heterocycles. The number of methoxy groups -OCH3 is 1. The molecule has 136 valence electrons. The first kappa shape index (κ1) is 17.7. The topological polar surface area (TPSA) is 79.5 Å². The third-order valence-electron chi connectivity index (χ3n) is 5.55. The molecule has 2 amide bonds. The third kappa shape index (κ3) is 3.95. The highest BCUT2D eigenvalue weighted by Crippen LogP contribution is 2.43. The summed E-state index contributed by atoms with van der Waals surface area (Å²) < 4.78 is 5.11. The van der Waals surface area contributed by atoms with Crippen molar-refractivity contribution in [2.45, 2.75) is 32.2 Å². The minimum atomic E-state index is -0.311. The molecule has 1 aliphatic heterocycles. The minimum Gasteiger partial charge on any atom is -0.497 e. The van der Waals surface area contributed by atoms with Gasteiger partial charge in [0.1, 0.15) is 5.75 Å². The zero-order chi connectivity index (χ0) is 17.7. The van der Waals surface area contributed by atoms with Crippen molar-refractivity contribution in [3.63, 3.8) is 0 Å². The first-order chi connectivity index (χ1) is 12.1. The Morgan fingerprint density at radius 2 is 2.04 bits per heavy atom. The number of hydrogen-bond acceptors (Lipinski definition) is 4. The SMILES string of the molecule is COc1ccc(CNC(=O)CNC(=O)[C@@]23CCCC[C@H]2CNC3)cc1. The molecule has 2 aliphatic rings. The Bertz CT molecular complexity index is 617. The van der Waals surface area contributed by atoms with Gasteiger partial charge in [-0.1, -0.05) is 25.0 Å². The number of carbonyl (C=O) groups excluding carboxylic acids is 2. The Balaban J connectivity index is 1.46. The van der Waals surface area contributed by atoms with Gasteiger partial charge in [0.2, 0.25) is 11.8 Å². The molecule has 0 bridgehead atoms. The van der Waals surface area contributed by atoms with Crippen molar-refractivity contribution in [2.24, 2.45) is 11.3 Å². The zero-order valence-electron chi connectivity index (χ0n) is 14.8. The maximum absolute atomic E-state index is 12.7. The Morgan fingerprint density at radius 3 is 2.80 bits per heavy atom. The first-order valence-electron chi connectivity index (χ1n) is 9.03. The molecule has 6 heteroatoms. The number of nitrogens with one attached hydrogen (secondary N) is 3. The molecule has 2 atom stereocenters. The highest BCUT2D eigenvalue weighted by atomic mass is 16.5. The molecule has 1 aromatic carbocycles. The van der Waals surface area contributed by atoms with Gasteiger partial charge >= 0.3 is 0 Å². The van der Waals surface area contributed by atoms with Gasteiger partial charge in [0.25, 0.3) is 0 Å². The summed E-state index contributed by atoms with van der Waals surface area (Å²) in [7, 11) is 1.62. The molecule has 1 saturated heterocycles. The molecule has 25 heavy (non-hydrogen) atoms. The van der Waals surface area contributed by atoms with Crippen LogP contribution in [0.15, 0.2) is 24.3 Å². The van der Waals surface area contributed by atoms with E-state index in [9.17, 15) is 9.59 Å². The highest BCUT2D eigenvalue weighted by molar-refractivity contribution is 5.88. The van der Waals surface area contributed by atoms with Crippen molar-refractivity contribution in [2.75, 3.05) is 26.7 Å². The molecule has 1 aromatic rings. The summed E-state index contributed by atoms with van der Waals surface area (Å²) in [6.45, 7) is 2.12. The number of fused-ring (bicyclic) bond motifs is 1. The molecule has 1 aliphatic carbocycles. The summed E-state index contributed by atoms with van der Waals surface area (Å²) >= 11 is 0. The lowest BCUT2D eigenvalue weighted by Crippen LogP contribution is -2.50. The summed E-state index contributed by atoms with van der Waals surface area (Å²) in [5, 5.41) is 9.06. The third-order valence-corrected chi connectivity index (χ3v) is 5.55. The molecule has 1 saturated carbocycles. The van der Waals surface area contributed by atoms with Gasteiger partial charge in [0.15, 0.2) is 0 Å². The van der Waals surface area contributed by atoms with Crippen LogP contribution in [-0.2, 0) is 16.1 Å². The second kappa shape index (κ2) is 7.87. The van der Waals surface area contributed by atoms with Gasteiger partial charge in [-0.2, -0.15) is 0 Å². The van der Waals surface area contributed by atoms with Gasteiger partial charge in [-0.05, 0) is 43.0 Å². The van der Waals surface area contributed by atoms with Crippen LogP contribution in [0, 0.1) is 11.3 Å². The lowest BCUT2D eigenvalue weighted by Gasteiger charge is -2.37. The molecule has 0 spiro atoms. The normalized spacial score (nSPS) is 25.1. The van der Waals surface area contributed by atoms with E-state index in [1.165, 1.54) is 6.42 Å². The van der Waals surface area contributed by atoms with E-state index in [0.717, 1.165) is 43.7 Å². The Kier molecular flexibility index (Phi) is 5.58. The summed E-state index contributed by atoms with van der Waals surface area (Å²) in [6.07, 6.45) is 4.31. The minimum absolute atomic E-state index is 0.0294. The number of ether oxygens (including phenoxy) is 1. The van der Waals surface area contributed by atoms with Crippen LogP contribution < -0.4 is 20.7 Å². The van der Waals surface area contributed by atoms with Gasteiger partial charge in [0, 0.05) is 13.1 Å². The Hall–Kier alpha value is -2.08. The quantitative estimate of drug-likeness (QED) is 0.724. The molecule has 3 rings (SSSR count). The molecule has 0 aromatic heterocycles. The van der Waals surface area contributed by atoms with E-state index in [4.69, 9.17) is 4.74 Å². The van der Waals surface area contributed by atoms with Gasteiger partial charge in [-0.25, -0.2) is 0 Å². The van der Waals surface area contributed by atoms with Crippen LogP contribution in [0.5, 0.6) is 5.75 Å². The molecule has 0 unspecified atom stereocenters. The predicted octanol–water partition coefficient (Wildman–Crippen LogP) is 1.21. The average Bonchev–Trinajstić information content (AvgIpc) is 3.10. The van der Waals surface area contributed by atoms with Gasteiger partial charge in [0.05, 0.1) is 19.1 Å². The van der Waals surface area contributed by atoms with Gasteiger partial charge in [-0.15, -0.1) is 0 Å². The molecule has 2 fully saturated rings. The number of hydrogen-bond donors (Lipinski definition) is 3. The van der Waals surface area contributed by atoms with Gasteiger partial charge < -0.3 is 20.7 Å². The van der Waals surface area contributed by atoms with Crippen molar-refractivity contribution in [3.8, 4) is 5.75 Å². The van der Waals surface area contributed by atoms with Crippen molar-refractivity contribution in [3.05, 3.63) is 29.8 Å². The van der Waals surface area contributed by atoms with E-state index in [0.29, 0.717) is 12.5 Å². The van der Waals surface area contributed by atoms with E-state index in [1.54, 1.807) is 7.11 Å². The lowest BCUT2D eigenvalue weighted by molar-refractivity contribution is -0.135. The van der Waals surface area contributed by atoms with E-state index < -0.39 is 0 Å². The Labute approximate surface area is 148 Å². The maximum Gasteiger partial charge on any atom is 0.239 e. The van der Waals surface area contributed by atoms with E-state index in [1.807, 2.05) is 24.3 Å². The number of benzene rings is 1. The second-order valence-corrected chi connectivity index (χ2v) is 7.04. The number of rotatable bonds is 6. The molecule has 0 radical (unpaired) electrons. The van der Waals surface area contributed by atoms with E-state index in [-0.39, 0.29) is 23.8 Å². The monoisotopic (exact) mass is 345 g/mol. The van der Waals surface area contributed by atoms with Crippen LogP contribution in [-0.4, -0.2) is 38.6 Å². The molecular weight excluding hydrogens is 318 g/mol. The summed E-state index contributed by atoms with van der Waals surface area (Å²) in [5.74, 6) is 1.05. The fraction of sp³-hybridized carbons (Fsp3) is 0.579. The van der Waals surface area contributed by atoms with Crippen molar-refractivity contribution in [1.29, 1.82) is 0 Å².